The highest BCUT2D eigenvalue weighted by atomic mass is 19.2. The van der Waals surface area contributed by atoms with Crippen molar-refractivity contribution in [1.29, 1.82) is 0 Å². The Hall–Kier alpha value is -2.05. The molecule has 1 saturated heterocycles. The zero-order valence-electron chi connectivity index (χ0n) is 23.5. The van der Waals surface area contributed by atoms with Gasteiger partial charge in [-0.05, 0) is 31.0 Å². The summed E-state index contributed by atoms with van der Waals surface area (Å²) in [5.74, 6) is -1.53. The van der Waals surface area contributed by atoms with Gasteiger partial charge < -0.3 is 14.2 Å². The number of hydrogen-bond donors (Lipinski definition) is 0. The number of nitrogens with zero attached hydrogens (tertiary/aromatic N) is 1. The molecule has 0 saturated carbocycles. The molecule has 0 N–H and O–H groups in total. The number of unbranched alkanes of at least 4 members (excludes halogenated alkanes) is 11. The first kappa shape index (κ1) is 30.5. The highest BCUT2D eigenvalue weighted by molar-refractivity contribution is 5.61. The number of rotatable bonds is 18. The second kappa shape index (κ2) is 17.5. The predicted octanol–water partition coefficient (Wildman–Crippen LogP) is 9.57. The van der Waals surface area contributed by atoms with E-state index < -0.39 is 17.9 Å². The van der Waals surface area contributed by atoms with Crippen molar-refractivity contribution in [2.75, 3.05) is 19.8 Å². The summed E-state index contributed by atoms with van der Waals surface area (Å²) in [6.45, 7) is 6.15. The Morgan fingerprint density at radius 1 is 0.763 bits per heavy atom. The quantitative estimate of drug-likeness (QED) is 0.180. The lowest BCUT2D eigenvalue weighted by atomic mass is 10.0. The molecule has 6 heteroatoms. The summed E-state index contributed by atoms with van der Waals surface area (Å²) in [6.07, 6.45) is 18.1. The van der Waals surface area contributed by atoms with Crippen LogP contribution in [0.4, 0.5) is 8.78 Å². The van der Waals surface area contributed by atoms with Crippen LogP contribution in [0.1, 0.15) is 116 Å². The van der Waals surface area contributed by atoms with Crippen LogP contribution in [0.2, 0.25) is 0 Å². The first-order valence-electron chi connectivity index (χ1n) is 14.9. The smallest absolute Gasteiger partial charge is 0.201 e. The second-order valence-corrected chi connectivity index (χ2v) is 10.6. The molecular weight excluding hydrogens is 484 g/mol. The van der Waals surface area contributed by atoms with E-state index in [1.165, 1.54) is 76.3 Å². The molecule has 0 bridgehead atoms. The van der Waals surface area contributed by atoms with Gasteiger partial charge in [0.2, 0.25) is 5.82 Å². The highest BCUT2D eigenvalue weighted by Gasteiger charge is 2.24. The average Bonchev–Trinajstić information content (AvgIpc) is 2.95. The van der Waals surface area contributed by atoms with Gasteiger partial charge in [-0.3, -0.25) is 4.98 Å². The van der Waals surface area contributed by atoms with Gasteiger partial charge in [0, 0.05) is 23.2 Å². The topological polar surface area (TPSA) is 40.6 Å². The monoisotopic (exact) mass is 531 g/mol. The van der Waals surface area contributed by atoms with E-state index in [1.54, 1.807) is 12.3 Å². The second-order valence-electron chi connectivity index (χ2n) is 10.6. The molecule has 38 heavy (non-hydrogen) atoms. The summed E-state index contributed by atoms with van der Waals surface area (Å²) < 4.78 is 46.9. The minimum atomic E-state index is -0.967. The molecule has 0 spiro atoms. The molecule has 0 radical (unpaired) electrons. The molecule has 3 rings (SSSR count). The molecule has 0 aliphatic carbocycles. The minimum Gasteiger partial charge on any atom is -0.490 e. The van der Waals surface area contributed by atoms with Gasteiger partial charge in [0.15, 0.2) is 17.9 Å². The first-order chi connectivity index (χ1) is 18.6. The maximum absolute atomic E-state index is 14.8. The van der Waals surface area contributed by atoms with Gasteiger partial charge in [0.25, 0.3) is 0 Å². The third-order valence-corrected chi connectivity index (χ3v) is 7.32. The Morgan fingerprint density at radius 2 is 1.39 bits per heavy atom. The van der Waals surface area contributed by atoms with Crippen LogP contribution in [0.5, 0.6) is 5.75 Å². The van der Waals surface area contributed by atoms with E-state index in [0.29, 0.717) is 31.4 Å². The molecule has 212 valence electrons. The fourth-order valence-electron chi connectivity index (χ4n) is 4.90. The summed E-state index contributed by atoms with van der Waals surface area (Å²) in [7, 11) is 0. The Kier molecular flexibility index (Phi) is 14.1. The van der Waals surface area contributed by atoms with Gasteiger partial charge in [-0.25, -0.2) is 4.39 Å². The van der Waals surface area contributed by atoms with Crippen molar-refractivity contribution < 1.29 is 23.0 Å². The Labute approximate surface area is 228 Å². The third-order valence-electron chi connectivity index (χ3n) is 7.32. The molecule has 4 nitrogen and oxygen atoms in total. The lowest BCUT2D eigenvalue weighted by Gasteiger charge is -2.29. The summed E-state index contributed by atoms with van der Waals surface area (Å²) in [6, 6.07) is 6.50. The van der Waals surface area contributed by atoms with Crippen molar-refractivity contribution >= 4 is 0 Å². The van der Waals surface area contributed by atoms with Crippen LogP contribution < -0.4 is 4.74 Å². The highest BCUT2D eigenvalue weighted by Crippen LogP contribution is 2.31. The minimum absolute atomic E-state index is 0.0496. The summed E-state index contributed by atoms with van der Waals surface area (Å²) in [5.41, 5.74) is 1.25. The van der Waals surface area contributed by atoms with Gasteiger partial charge >= 0.3 is 0 Å². The van der Waals surface area contributed by atoms with Gasteiger partial charge in [-0.1, -0.05) is 97.0 Å². The maximum atomic E-state index is 14.8. The summed E-state index contributed by atoms with van der Waals surface area (Å²) in [4.78, 5) is 4.37. The van der Waals surface area contributed by atoms with E-state index in [2.05, 4.69) is 18.8 Å². The van der Waals surface area contributed by atoms with Crippen LogP contribution in [-0.2, 0) is 9.47 Å². The first-order valence-corrected chi connectivity index (χ1v) is 14.9. The van der Waals surface area contributed by atoms with E-state index >= 15 is 0 Å². The number of benzene rings is 1. The Balaban J connectivity index is 1.42. The zero-order valence-corrected chi connectivity index (χ0v) is 23.5. The molecule has 2 aromatic rings. The van der Waals surface area contributed by atoms with Crippen LogP contribution in [0, 0.1) is 17.6 Å². The number of ether oxygens (including phenoxy) is 3. The molecule has 1 aliphatic heterocycles. The van der Waals surface area contributed by atoms with Crippen LogP contribution in [0.3, 0.4) is 0 Å². The summed E-state index contributed by atoms with van der Waals surface area (Å²) >= 11 is 0. The van der Waals surface area contributed by atoms with Crippen molar-refractivity contribution in [2.24, 2.45) is 5.92 Å². The predicted molar refractivity (Wildman–Crippen MR) is 149 cm³/mol. The third kappa shape index (κ3) is 9.92. The standard InChI is InChI=1S/C32H47F2NO3/c1-3-5-7-9-11-12-14-16-25-23-37-32(38-24-25)26-17-19-28(35-22-26)27-18-20-29(31(34)30(27)33)36-21-15-13-10-8-6-4-2/h17-20,22,25,32H,3-16,21,23-24H2,1-2H3/t25-,32-. The lowest BCUT2D eigenvalue weighted by Crippen LogP contribution is -2.27. The van der Waals surface area contributed by atoms with Crippen LogP contribution in [0.15, 0.2) is 30.5 Å². The molecular formula is C32H47F2NO3. The van der Waals surface area contributed by atoms with E-state index in [1.807, 2.05) is 6.07 Å². The number of hydrogen-bond acceptors (Lipinski definition) is 4. The van der Waals surface area contributed by atoms with Crippen LogP contribution >= 0.6 is 0 Å². The van der Waals surface area contributed by atoms with Crippen molar-refractivity contribution in [3.63, 3.8) is 0 Å². The molecule has 1 aliphatic rings. The van der Waals surface area contributed by atoms with E-state index in [0.717, 1.165) is 31.2 Å². The largest absolute Gasteiger partial charge is 0.490 e. The number of pyridine rings is 1. The van der Waals surface area contributed by atoms with Gasteiger partial charge in [0.05, 0.1) is 25.5 Å². The van der Waals surface area contributed by atoms with Crippen molar-refractivity contribution in [3.8, 4) is 17.0 Å². The van der Waals surface area contributed by atoms with Crippen LogP contribution in [-0.4, -0.2) is 24.8 Å². The lowest BCUT2D eigenvalue weighted by molar-refractivity contribution is -0.206. The fourth-order valence-corrected chi connectivity index (χ4v) is 4.90. The SMILES string of the molecule is CCCCCCCCC[C@H]1CO[C@H](c2ccc(-c3ccc(OCCCCCCCC)c(F)c3F)nc2)OC1. The van der Waals surface area contributed by atoms with Crippen molar-refractivity contribution in [2.45, 2.75) is 110 Å². The zero-order chi connectivity index (χ0) is 27.0. The molecule has 0 atom stereocenters. The molecule has 2 heterocycles. The molecule has 1 aromatic carbocycles. The normalized spacial score (nSPS) is 17.6. The average molecular weight is 532 g/mol. The van der Waals surface area contributed by atoms with Gasteiger partial charge in [0.1, 0.15) is 0 Å². The Morgan fingerprint density at radius 3 is 2.03 bits per heavy atom. The van der Waals surface area contributed by atoms with Gasteiger partial charge in [-0.2, -0.15) is 4.39 Å². The number of aromatic nitrogens is 1. The van der Waals surface area contributed by atoms with E-state index in [-0.39, 0.29) is 11.3 Å². The number of halogens is 2. The maximum Gasteiger partial charge on any atom is 0.201 e. The van der Waals surface area contributed by atoms with E-state index in [9.17, 15) is 8.78 Å². The van der Waals surface area contributed by atoms with Crippen molar-refractivity contribution in [3.05, 3.63) is 47.7 Å². The molecule has 1 aromatic heterocycles. The summed E-state index contributed by atoms with van der Waals surface area (Å²) in [5, 5.41) is 0. The van der Waals surface area contributed by atoms with Gasteiger partial charge in [-0.15, -0.1) is 0 Å². The van der Waals surface area contributed by atoms with Crippen LogP contribution in [0.25, 0.3) is 11.3 Å². The molecule has 1 fully saturated rings. The molecule has 0 unspecified atom stereocenters. The van der Waals surface area contributed by atoms with E-state index in [4.69, 9.17) is 14.2 Å². The van der Waals surface area contributed by atoms with Crippen molar-refractivity contribution in [1.82, 2.24) is 4.98 Å². The molecule has 0 amide bonds. The Bertz CT molecular complexity index is 914. The fraction of sp³-hybridized carbons (Fsp3) is 0.656.